The second-order valence-electron chi connectivity index (χ2n) is 7.57. The predicted molar refractivity (Wildman–Crippen MR) is 129 cm³/mol. The molecule has 0 N–H and O–H groups in total. The maximum atomic E-state index is 14.4. The van der Waals surface area contributed by atoms with E-state index in [0.29, 0.717) is 10.8 Å². The Balaban J connectivity index is 1.45. The summed E-state index contributed by atoms with van der Waals surface area (Å²) in [5, 5.41) is 6.04. The van der Waals surface area contributed by atoms with Crippen LogP contribution < -0.4 is 9.47 Å². The van der Waals surface area contributed by atoms with Gasteiger partial charge in [-0.25, -0.2) is 9.07 Å². The van der Waals surface area contributed by atoms with Gasteiger partial charge in [0.1, 0.15) is 12.4 Å². The van der Waals surface area contributed by atoms with Crippen LogP contribution in [0.3, 0.4) is 0 Å². The van der Waals surface area contributed by atoms with E-state index in [1.807, 2.05) is 66.7 Å². The maximum Gasteiger partial charge on any atom is 0.165 e. The Labute approximate surface area is 195 Å². The molecule has 0 bridgehead atoms. The summed E-state index contributed by atoms with van der Waals surface area (Å²) in [5.41, 5.74) is 4.58. The Morgan fingerprint density at radius 2 is 1.67 bits per heavy atom. The van der Waals surface area contributed by atoms with Crippen molar-refractivity contribution in [2.24, 2.45) is 0 Å². The third-order valence-corrected chi connectivity index (χ3v) is 5.75. The molecule has 5 rings (SSSR count). The molecule has 0 fully saturated rings. The topological polar surface area (TPSA) is 36.3 Å². The molecule has 0 unspecified atom stereocenters. The molecular weight excluding hydrogens is 439 g/mol. The van der Waals surface area contributed by atoms with Crippen molar-refractivity contribution in [2.45, 2.75) is 6.61 Å². The quantitative estimate of drug-likeness (QED) is 0.273. The second-order valence-corrected chi connectivity index (χ2v) is 7.98. The molecule has 5 aromatic rings. The largest absolute Gasteiger partial charge is 0.495 e. The van der Waals surface area contributed by atoms with Gasteiger partial charge in [0.05, 0.1) is 29.5 Å². The van der Waals surface area contributed by atoms with Crippen LogP contribution in [0.15, 0.2) is 91.1 Å². The first-order chi connectivity index (χ1) is 16.1. The van der Waals surface area contributed by atoms with Gasteiger partial charge in [0, 0.05) is 11.5 Å². The Bertz CT molecular complexity index is 1430. The van der Waals surface area contributed by atoms with E-state index in [9.17, 15) is 4.39 Å². The molecule has 1 aromatic heterocycles. The van der Waals surface area contributed by atoms with E-state index < -0.39 is 5.82 Å². The fraction of sp³-hybridized carbons (Fsp3) is 0.0741. The van der Waals surface area contributed by atoms with Gasteiger partial charge in [0.15, 0.2) is 11.6 Å². The number of nitrogens with zero attached hydrogens (tertiary/aromatic N) is 2. The van der Waals surface area contributed by atoms with Crippen LogP contribution in [0.2, 0.25) is 5.02 Å². The van der Waals surface area contributed by atoms with E-state index >= 15 is 0 Å². The average Bonchev–Trinajstić information content (AvgIpc) is 3.27. The van der Waals surface area contributed by atoms with Gasteiger partial charge in [-0.15, -0.1) is 0 Å². The van der Waals surface area contributed by atoms with Gasteiger partial charge >= 0.3 is 0 Å². The molecule has 4 aromatic carbocycles. The van der Waals surface area contributed by atoms with Crippen LogP contribution in [0.5, 0.6) is 11.5 Å². The molecule has 0 saturated heterocycles. The molecule has 0 amide bonds. The zero-order valence-electron chi connectivity index (χ0n) is 17.8. The van der Waals surface area contributed by atoms with E-state index in [2.05, 4.69) is 5.10 Å². The number of ether oxygens (including phenoxy) is 2. The van der Waals surface area contributed by atoms with Crippen LogP contribution in [0.4, 0.5) is 4.39 Å². The highest BCUT2D eigenvalue weighted by Gasteiger charge is 2.12. The minimum Gasteiger partial charge on any atom is -0.495 e. The molecule has 4 nitrogen and oxygen atoms in total. The van der Waals surface area contributed by atoms with E-state index in [-0.39, 0.29) is 12.4 Å². The van der Waals surface area contributed by atoms with Gasteiger partial charge in [-0.2, -0.15) is 5.10 Å². The molecule has 0 radical (unpaired) electrons. The third kappa shape index (κ3) is 4.28. The first-order valence-electron chi connectivity index (χ1n) is 10.4. The highest BCUT2D eigenvalue weighted by atomic mass is 35.5. The van der Waals surface area contributed by atoms with E-state index in [0.717, 1.165) is 33.3 Å². The van der Waals surface area contributed by atoms with Gasteiger partial charge in [0.2, 0.25) is 0 Å². The summed E-state index contributed by atoms with van der Waals surface area (Å²) in [4.78, 5) is 0. The zero-order chi connectivity index (χ0) is 22.8. The van der Waals surface area contributed by atoms with Gasteiger partial charge < -0.3 is 9.47 Å². The molecule has 0 saturated carbocycles. The Morgan fingerprint density at radius 1 is 0.879 bits per heavy atom. The first kappa shape index (κ1) is 21.0. The summed E-state index contributed by atoms with van der Waals surface area (Å²) in [6, 6.07) is 26.2. The molecule has 0 atom stereocenters. The van der Waals surface area contributed by atoms with Gasteiger partial charge in [0.25, 0.3) is 0 Å². The van der Waals surface area contributed by atoms with Crippen molar-refractivity contribution in [2.75, 3.05) is 7.11 Å². The van der Waals surface area contributed by atoms with E-state index in [4.69, 9.17) is 21.1 Å². The summed E-state index contributed by atoms with van der Waals surface area (Å²) in [7, 11) is 1.59. The van der Waals surface area contributed by atoms with Gasteiger partial charge in [-0.1, -0.05) is 54.1 Å². The van der Waals surface area contributed by atoms with Crippen LogP contribution in [0, 0.1) is 5.82 Å². The average molecular weight is 459 g/mol. The smallest absolute Gasteiger partial charge is 0.165 e. The number of methoxy groups -OCH3 is 1. The third-order valence-electron chi connectivity index (χ3n) is 5.45. The normalized spacial score (nSPS) is 11.0. The monoisotopic (exact) mass is 458 g/mol. The van der Waals surface area contributed by atoms with Crippen LogP contribution >= 0.6 is 11.6 Å². The second kappa shape index (κ2) is 8.96. The number of hydrogen-bond acceptors (Lipinski definition) is 3. The lowest BCUT2D eigenvalue weighted by Gasteiger charge is -2.11. The SMILES string of the molecule is COc1ccc(-c2ccc3c(cnn3-c3ccc(F)c(OCc4ccccc4)c3)c2)cc1Cl. The highest BCUT2D eigenvalue weighted by Crippen LogP contribution is 2.32. The van der Waals surface area contributed by atoms with Crippen molar-refractivity contribution in [3.8, 4) is 28.3 Å². The molecule has 6 heteroatoms. The number of benzene rings is 4. The van der Waals surface area contributed by atoms with E-state index in [1.165, 1.54) is 6.07 Å². The van der Waals surface area contributed by atoms with Crippen molar-refractivity contribution in [3.05, 3.63) is 108 Å². The number of fused-ring (bicyclic) bond motifs is 1. The maximum absolute atomic E-state index is 14.4. The molecule has 0 spiro atoms. The van der Waals surface area contributed by atoms with Crippen molar-refractivity contribution in [1.29, 1.82) is 0 Å². The fourth-order valence-corrected chi connectivity index (χ4v) is 3.99. The van der Waals surface area contributed by atoms with Crippen LogP contribution in [0.1, 0.15) is 5.56 Å². The molecular formula is C27H20ClFN2O2. The van der Waals surface area contributed by atoms with Crippen molar-refractivity contribution in [1.82, 2.24) is 9.78 Å². The zero-order valence-corrected chi connectivity index (χ0v) is 18.6. The minimum absolute atomic E-state index is 0.185. The lowest BCUT2D eigenvalue weighted by atomic mass is 10.0. The van der Waals surface area contributed by atoms with Crippen LogP contribution in [0.25, 0.3) is 27.7 Å². The van der Waals surface area contributed by atoms with Crippen LogP contribution in [-0.4, -0.2) is 16.9 Å². The Kier molecular flexibility index (Phi) is 5.71. The number of rotatable bonds is 6. The summed E-state index contributed by atoms with van der Waals surface area (Å²) >= 11 is 6.29. The minimum atomic E-state index is -0.412. The van der Waals surface area contributed by atoms with Gasteiger partial charge in [-0.05, 0) is 53.1 Å². The Hall–Kier alpha value is -3.83. The molecule has 1 heterocycles. The van der Waals surface area contributed by atoms with Crippen molar-refractivity contribution in [3.63, 3.8) is 0 Å². The number of hydrogen-bond donors (Lipinski definition) is 0. The molecule has 33 heavy (non-hydrogen) atoms. The molecule has 0 aliphatic heterocycles. The summed E-state index contributed by atoms with van der Waals surface area (Å²) in [6.45, 7) is 0.287. The first-order valence-corrected chi connectivity index (χ1v) is 10.8. The molecule has 0 aliphatic carbocycles. The highest BCUT2D eigenvalue weighted by molar-refractivity contribution is 6.32. The van der Waals surface area contributed by atoms with Crippen molar-refractivity contribution < 1.29 is 13.9 Å². The number of halogens is 2. The summed E-state index contributed by atoms with van der Waals surface area (Å²) < 4.78 is 27.1. The predicted octanol–water partition coefficient (Wildman–Crippen LogP) is 7.07. The lowest BCUT2D eigenvalue weighted by molar-refractivity contribution is 0.290. The lowest BCUT2D eigenvalue weighted by Crippen LogP contribution is -2.01. The van der Waals surface area contributed by atoms with Crippen LogP contribution in [-0.2, 0) is 6.61 Å². The summed E-state index contributed by atoms with van der Waals surface area (Å²) in [5.74, 6) is 0.408. The van der Waals surface area contributed by atoms with E-state index in [1.54, 1.807) is 30.1 Å². The summed E-state index contributed by atoms with van der Waals surface area (Å²) in [6.07, 6.45) is 1.79. The fourth-order valence-electron chi connectivity index (χ4n) is 3.73. The Morgan fingerprint density at radius 3 is 2.45 bits per heavy atom. The molecule has 164 valence electrons. The van der Waals surface area contributed by atoms with Crippen molar-refractivity contribution >= 4 is 22.5 Å². The standard InChI is InChI=1S/C27H20ClFN2O2/c1-32-26-12-8-20(14-23(26)28)19-7-11-25-21(13-19)16-30-31(25)22-9-10-24(29)27(15-22)33-17-18-5-3-2-4-6-18/h2-16H,17H2,1H3. The van der Waals surface area contributed by atoms with Gasteiger partial charge in [-0.3, -0.25) is 0 Å². The number of aromatic nitrogens is 2. The molecule has 0 aliphatic rings.